The van der Waals surface area contributed by atoms with Crippen LogP contribution in [0.15, 0.2) is 11.6 Å². The van der Waals surface area contributed by atoms with Crippen LogP contribution >= 0.6 is 0 Å². The standard InChI is InChI=1S/C13H23FO3/c14-11-12(13(16)17)9-7-5-3-1-2-4-6-8-10-15/h9,15H,1-8,10-11H2,(H,16,17)/b12-9-. The SMILES string of the molecule is O=C(O)/C(=C\CCCCCCCCCO)CF. The van der Waals surface area contributed by atoms with Crippen LogP contribution in [0.1, 0.15) is 51.4 Å². The molecule has 0 aromatic heterocycles. The maximum Gasteiger partial charge on any atom is 0.333 e. The molecule has 17 heavy (non-hydrogen) atoms. The molecule has 0 heterocycles. The highest BCUT2D eigenvalue weighted by atomic mass is 19.1. The van der Waals surface area contributed by atoms with Crippen molar-refractivity contribution < 1.29 is 19.4 Å². The van der Waals surface area contributed by atoms with E-state index in [-0.39, 0.29) is 12.2 Å². The average molecular weight is 246 g/mol. The normalized spacial score (nSPS) is 11.8. The largest absolute Gasteiger partial charge is 0.478 e. The van der Waals surface area contributed by atoms with Gasteiger partial charge in [-0.15, -0.1) is 0 Å². The number of unbranched alkanes of at least 4 members (excludes halogenated alkanes) is 7. The Morgan fingerprint density at radius 2 is 1.53 bits per heavy atom. The molecule has 0 rings (SSSR count). The first kappa shape index (κ1) is 16.1. The van der Waals surface area contributed by atoms with Gasteiger partial charge >= 0.3 is 5.97 Å². The Labute approximate surface area is 102 Å². The summed E-state index contributed by atoms with van der Waals surface area (Å²) in [4.78, 5) is 10.5. The number of halogens is 1. The van der Waals surface area contributed by atoms with Crippen molar-refractivity contribution in [2.24, 2.45) is 0 Å². The van der Waals surface area contributed by atoms with E-state index in [0.717, 1.165) is 44.9 Å². The molecule has 0 spiro atoms. The lowest BCUT2D eigenvalue weighted by atomic mass is 10.1. The van der Waals surface area contributed by atoms with Crippen molar-refractivity contribution in [2.45, 2.75) is 51.4 Å². The number of carboxylic acids is 1. The van der Waals surface area contributed by atoms with E-state index in [9.17, 15) is 9.18 Å². The summed E-state index contributed by atoms with van der Waals surface area (Å²) in [6.45, 7) is -0.623. The van der Waals surface area contributed by atoms with Crippen LogP contribution in [0.5, 0.6) is 0 Å². The molecule has 0 unspecified atom stereocenters. The molecule has 0 aliphatic rings. The first-order chi connectivity index (χ1) is 8.22. The summed E-state index contributed by atoms with van der Waals surface area (Å²) in [5.41, 5.74) is -0.132. The monoisotopic (exact) mass is 246 g/mol. The maximum absolute atomic E-state index is 12.2. The molecular weight excluding hydrogens is 223 g/mol. The van der Waals surface area contributed by atoms with Crippen molar-refractivity contribution >= 4 is 5.97 Å². The van der Waals surface area contributed by atoms with Gasteiger partial charge in [0.1, 0.15) is 6.67 Å². The zero-order chi connectivity index (χ0) is 12.9. The lowest BCUT2D eigenvalue weighted by Gasteiger charge is -2.00. The Balaban J connectivity index is 3.36. The van der Waals surface area contributed by atoms with Crippen LogP contribution in [-0.4, -0.2) is 29.5 Å². The number of alkyl halides is 1. The quantitative estimate of drug-likeness (QED) is 0.435. The van der Waals surface area contributed by atoms with Gasteiger partial charge in [-0.05, 0) is 19.3 Å². The third kappa shape index (κ3) is 10.00. The molecule has 3 nitrogen and oxygen atoms in total. The minimum Gasteiger partial charge on any atom is -0.478 e. The average Bonchev–Trinajstić information content (AvgIpc) is 2.31. The first-order valence-electron chi connectivity index (χ1n) is 6.31. The number of hydrogen-bond donors (Lipinski definition) is 2. The molecule has 0 saturated heterocycles. The fourth-order valence-electron chi connectivity index (χ4n) is 1.62. The van der Waals surface area contributed by atoms with E-state index < -0.39 is 12.6 Å². The molecule has 0 radical (unpaired) electrons. The number of rotatable bonds is 11. The summed E-state index contributed by atoms with van der Waals surface area (Å²) in [6, 6.07) is 0. The van der Waals surface area contributed by atoms with Crippen LogP contribution in [0.3, 0.4) is 0 Å². The molecule has 0 aliphatic carbocycles. The number of carbonyl (C=O) groups is 1. The minimum absolute atomic E-state index is 0.132. The highest BCUT2D eigenvalue weighted by Crippen LogP contribution is 2.09. The zero-order valence-electron chi connectivity index (χ0n) is 10.3. The Hall–Kier alpha value is -0.900. The van der Waals surface area contributed by atoms with E-state index in [1.165, 1.54) is 6.08 Å². The molecular formula is C13H23FO3. The molecule has 2 N–H and O–H groups in total. The van der Waals surface area contributed by atoms with Crippen LogP contribution in [-0.2, 0) is 4.79 Å². The van der Waals surface area contributed by atoms with Gasteiger partial charge in [0.05, 0.1) is 5.57 Å². The Morgan fingerprint density at radius 1 is 1.00 bits per heavy atom. The second-order valence-electron chi connectivity index (χ2n) is 4.16. The van der Waals surface area contributed by atoms with E-state index in [1.807, 2.05) is 0 Å². The van der Waals surface area contributed by atoms with Crippen LogP contribution < -0.4 is 0 Å². The third-order valence-corrected chi connectivity index (χ3v) is 2.67. The number of carboxylic acid groups (broad SMARTS) is 1. The van der Waals surface area contributed by atoms with Gasteiger partial charge in [0.25, 0.3) is 0 Å². The second-order valence-corrected chi connectivity index (χ2v) is 4.16. The van der Waals surface area contributed by atoms with Gasteiger partial charge in [0, 0.05) is 6.61 Å². The summed E-state index contributed by atoms with van der Waals surface area (Å²) in [5, 5.41) is 17.1. The fourth-order valence-corrected chi connectivity index (χ4v) is 1.62. The fraction of sp³-hybridized carbons (Fsp3) is 0.769. The van der Waals surface area contributed by atoms with Gasteiger partial charge in [0.15, 0.2) is 0 Å². The smallest absolute Gasteiger partial charge is 0.333 e. The predicted molar refractivity (Wildman–Crippen MR) is 65.7 cm³/mol. The lowest BCUT2D eigenvalue weighted by Crippen LogP contribution is -2.01. The van der Waals surface area contributed by atoms with Crippen LogP contribution in [0, 0.1) is 0 Å². The van der Waals surface area contributed by atoms with Gasteiger partial charge in [-0.2, -0.15) is 0 Å². The number of aliphatic carboxylic acids is 1. The number of aliphatic hydroxyl groups is 1. The van der Waals surface area contributed by atoms with Crippen LogP contribution in [0.4, 0.5) is 4.39 Å². The predicted octanol–water partition coefficient (Wildman–Crippen LogP) is 3.08. The Morgan fingerprint density at radius 3 is 2.00 bits per heavy atom. The number of hydrogen-bond acceptors (Lipinski definition) is 2. The molecule has 100 valence electrons. The summed E-state index contributed by atoms with van der Waals surface area (Å²) >= 11 is 0. The maximum atomic E-state index is 12.2. The molecule has 0 atom stereocenters. The summed E-state index contributed by atoms with van der Waals surface area (Å²) < 4.78 is 12.2. The molecule has 0 amide bonds. The highest BCUT2D eigenvalue weighted by molar-refractivity contribution is 5.86. The van der Waals surface area contributed by atoms with Crippen molar-refractivity contribution in [3.8, 4) is 0 Å². The van der Waals surface area contributed by atoms with Gasteiger partial charge in [-0.3, -0.25) is 0 Å². The van der Waals surface area contributed by atoms with E-state index in [0.29, 0.717) is 6.42 Å². The van der Waals surface area contributed by atoms with E-state index in [4.69, 9.17) is 10.2 Å². The molecule has 0 bridgehead atoms. The van der Waals surface area contributed by atoms with Gasteiger partial charge in [-0.25, -0.2) is 9.18 Å². The summed E-state index contributed by atoms with van der Waals surface area (Å²) in [7, 11) is 0. The number of aliphatic hydroxyl groups excluding tert-OH is 1. The molecule has 0 aliphatic heterocycles. The minimum atomic E-state index is -1.16. The molecule has 0 aromatic rings. The van der Waals surface area contributed by atoms with Crippen LogP contribution in [0.25, 0.3) is 0 Å². The van der Waals surface area contributed by atoms with Crippen molar-refractivity contribution in [2.75, 3.05) is 13.3 Å². The van der Waals surface area contributed by atoms with Crippen molar-refractivity contribution in [3.05, 3.63) is 11.6 Å². The second kappa shape index (κ2) is 11.6. The van der Waals surface area contributed by atoms with Gasteiger partial charge in [-0.1, -0.05) is 38.2 Å². The third-order valence-electron chi connectivity index (χ3n) is 2.67. The summed E-state index contributed by atoms with van der Waals surface area (Å²) in [5.74, 6) is -1.16. The van der Waals surface area contributed by atoms with E-state index in [2.05, 4.69) is 0 Å². The number of allylic oxidation sites excluding steroid dienone is 1. The Bertz CT molecular complexity index is 227. The van der Waals surface area contributed by atoms with Gasteiger partial charge in [0.2, 0.25) is 0 Å². The highest BCUT2D eigenvalue weighted by Gasteiger charge is 2.04. The first-order valence-corrected chi connectivity index (χ1v) is 6.31. The van der Waals surface area contributed by atoms with Gasteiger partial charge < -0.3 is 10.2 Å². The zero-order valence-corrected chi connectivity index (χ0v) is 10.3. The summed E-state index contributed by atoms with van der Waals surface area (Å²) in [6.07, 6.45) is 9.45. The topological polar surface area (TPSA) is 57.5 Å². The van der Waals surface area contributed by atoms with Crippen molar-refractivity contribution in [1.82, 2.24) is 0 Å². The molecule has 0 fully saturated rings. The van der Waals surface area contributed by atoms with Crippen molar-refractivity contribution in [3.63, 3.8) is 0 Å². The molecule has 4 heteroatoms. The Kier molecular flexibility index (Phi) is 11.0. The van der Waals surface area contributed by atoms with Crippen LogP contribution in [0.2, 0.25) is 0 Å². The molecule has 0 aromatic carbocycles. The molecule has 0 saturated carbocycles. The van der Waals surface area contributed by atoms with Crippen molar-refractivity contribution in [1.29, 1.82) is 0 Å². The van der Waals surface area contributed by atoms with E-state index >= 15 is 0 Å². The lowest BCUT2D eigenvalue weighted by molar-refractivity contribution is -0.132. The van der Waals surface area contributed by atoms with E-state index in [1.54, 1.807) is 0 Å².